The molecule has 1 aromatic heterocycles. The number of benzene rings is 2. The van der Waals surface area contributed by atoms with Crippen molar-refractivity contribution in [3.05, 3.63) is 97.9 Å². The zero-order valence-electron chi connectivity index (χ0n) is 17.7. The molecule has 0 spiro atoms. The second kappa shape index (κ2) is 9.76. The highest BCUT2D eigenvalue weighted by atomic mass is 32.1. The number of nitrogens with zero attached hydrogens (tertiary/aromatic N) is 2. The van der Waals surface area contributed by atoms with Crippen molar-refractivity contribution in [3.8, 4) is 0 Å². The van der Waals surface area contributed by atoms with Gasteiger partial charge >= 0.3 is 0 Å². The monoisotopic (exact) mass is 462 g/mol. The van der Waals surface area contributed by atoms with Crippen molar-refractivity contribution >= 4 is 39.9 Å². The van der Waals surface area contributed by atoms with E-state index >= 15 is 0 Å². The van der Waals surface area contributed by atoms with Crippen molar-refractivity contribution in [2.75, 3.05) is 11.9 Å². The molecule has 2 heterocycles. The lowest BCUT2D eigenvalue weighted by Crippen LogP contribution is -2.30. The standard InChI is InChI=1S/C24H22N4O4S/c25-23(30)22-19-12-13-27(14-17-4-2-1-3-5-17)15-20(19)33-24(22)26-21(29)11-8-16-6-9-18(10-7-16)28(31)32/h1-11H,12-15H2,(H2,25,30)(H,26,29)/b11-8-. The van der Waals surface area contributed by atoms with E-state index in [-0.39, 0.29) is 5.69 Å². The number of nitro groups is 1. The number of carbonyl (C=O) groups is 2. The highest BCUT2D eigenvalue weighted by molar-refractivity contribution is 7.17. The summed E-state index contributed by atoms with van der Waals surface area (Å²) in [6, 6.07) is 16.0. The summed E-state index contributed by atoms with van der Waals surface area (Å²) in [4.78, 5) is 38.3. The van der Waals surface area contributed by atoms with Crippen LogP contribution in [0.1, 0.15) is 31.9 Å². The Hall–Kier alpha value is -3.82. The van der Waals surface area contributed by atoms with Crippen molar-refractivity contribution in [1.29, 1.82) is 0 Å². The third-order valence-electron chi connectivity index (χ3n) is 5.40. The van der Waals surface area contributed by atoms with Gasteiger partial charge in [-0.05, 0) is 41.3 Å². The summed E-state index contributed by atoms with van der Waals surface area (Å²) in [5.74, 6) is -0.964. The van der Waals surface area contributed by atoms with E-state index in [1.54, 1.807) is 18.2 Å². The molecule has 0 aliphatic carbocycles. The average molecular weight is 463 g/mol. The van der Waals surface area contributed by atoms with Gasteiger partial charge in [0.1, 0.15) is 5.00 Å². The van der Waals surface area contributed by atoms with Crippen LogP contribution in [0.25, 0.3) is 6.08 Å². The Kier molecular flexibility index (Phi) is 6.62. The number of nitro benzene ring substituents is 1. The molecule has 0 radical (unpaired) electrons. The van der Waals surface area contributed by atoms with Crippen molar-refractivity contribution in [2.45, 2.75) is 19.5 Å². The van der Waals surface area contributed by atoms with Gasteiger partial charge in [-0.15, -0.1) is 11.3 Å². The van der Waals surface area contributed by atoms with Crippen LogP contribution in [0.4, 0.5) is 10.7 Å². The summed E-state index contributed by atoms with van der Waals surface area (Å²) in [5, 5.41) is 14.0. The van der Waals surface area contributed by atoms with E-state index in [9.17, 15) is 19.7 Å². The Morgan fingerprint density at radius 1 is 1.15 bits per heavy atom. The van der Waals surface area contributed by atoms with Crippen molar-refractivity contribution in [3.63, 3.8) is 0 Å². The van der Waals surface area contributed by atoms with Crippen LogP contribution in [0.15, 0.2) is 60.7 Å². The number of carbonyl (C=O) groups excluding carboxylic acids is 2. The number of primary amides is 1. The molecule has 33 heavy (non-hydrogen) atoms. The fraction of sp³-hybridized carbons (Fsp3) is 0.167. The Balaban J connectivity index is 1.47. The van der Waals surface area contributed by atoms with E-state index in [0.717, 1.165) is 23.5 Å². The van der Waals surface area contributed by atoms with E-state index in [1.807, 2.05) is 18.2 Å². The molecule has 1 aliphatic heterocycles. The third kappa shape index (κ3) is 5.33. The number of nitrogens with two attached hydrogens (primary N) is 1. The van der Waals surface area contributed by atoms with Gasteiger partial charge in [0, 0.05) is 42.7 Å². The zero-order valence-corrected chi connectivity index (χ0v) is 18.5. The predicted molar refractivity (Wildman–Crippen MR) is 128 cm³/mol. The van der Waals surface area contributed by atoms with Gasteiger partial charge in [-0.25, -0.2) is 0 Å². The highest BCUT2D eigenvalue weighted by Gasteiger charge is 2.27. The molecule has 9 heteroatoms. The van der Waals surface area contributed by atoms with Crippen LogP contribution in [0.3, 0.4) is 0 Å². The maximum absolute atomic E-state index is 12.5. The quantitative estimate of drug-likeness (QED) is 0.313. The Bertz CT molecular complexity index is 1220. The normalized spacial score (nSPS) is 13.6. The summed E-state index contributed by atoms with van der Waals surface area (Å²) in [7, 11) is 0. The molecule has 0 bridgehead atoms. The molecular weight excluding hydrogens is 440 g/mol. The van der Waals surface area contributed by atoms with Crippen LogP contribution in [-0.2, 0) is 24.3 Å². The lowest BCUT2D eigenvalue weighted by atomic mass is 10.0. The van der Waals surface area contributed by atoms with Gasteiger partial charge in [-0.2, -0.15) is 0 Å². The number of hydrogen-bond donors (Lipinski definition) is 2. The smallest absolute Gasteiger partial charge is 0.269 e. The topological polar surface area (TPSA) is 119 Å². The second-order valence-corrected chi connectivity index (χ2v) is 8.79. The summed E-state index contributed by atoms with van der Waals surface area (Å²) < 4.78 is 0. The van der Waals surface area contributed by atoms with Crippen LogP contribution in [0.5, 0.6) is 0 Å². The van der Waals surface area contributed by atoms with Gasteiger partial charge in [0.05, 0.1) is 10.5 Å². The molecule has 0 fully saturated rings. The molecule has 2 aromatic carbocycles. The average Bonchev–Trinajstić information content (AvgIpc) is 3.15. The van der Waals surface area contributed by atoms with E-state index in [4.69, 9.17) is 5.73 Å². The molecule has 0 saturated heterocycles. The van der Waals surface area contributed by atoms with Gasteiger partial charge in [0.2, 0.25) is 5.91 Å². The first kappa shape index (κ1) is 22.4. The molecule has 0 unspecified atom stereocenters. The van der Waals surface area contributed by atoms with Crippen LogP contribution in [0, 0.1) is 10.1 Å². The Morgan fingerprint density at radius 2 is 1.88 bits per heavy atom. The molecule has 1 aliphatic rings. The van der Waals surface area contributed by atoms with Crippen LogP contribution < -0.4 is 11.1 Å². The number of nitrogens with one attached hydrogen (secondary N) is 1. The summed E-state index contributed by atoms with van der Waals surface area (Å²) in [6.45, 7) is 2.29. The first-order valence-corrected chi connectivity index (χ1v) is 11.2. The van der Waals surface area contributed by atoms with Crippen LogP contribution >= 0.6 is 11.3 Å². The number of thiophene rings is 1. The number of amides is 2. The summed E-state index contributed by atoms with van der Waals surface area (Å²) in [5.41, 5.74) is 8.79. The summed E-state index contributed by atoms with van der Waals surface area (Å²) >= 11 is 1.38. The van der Waals surface area contributed by atoms with Crippen LogP contribution in [-0.4, -0.2) is 28.2 Å². The second-order valence-electron chi connectivity index (χ2n) is 7.69. The number of hydrogen-bond acceptors (Lipinski definition) is 6. The minimum absolute atomic E-state index is 0.0202. The minimum Gasteiger partial charge on any atom is -0.365 e. The number of fused-ring (bicyclic) bond motifs is 1. The predicted octanol–water partition coefficient (Wildman–Crippen LogP) is 3.97. The van der Waals surface area contributed by atoms with E-state index < -0.39 is 16.7 Å². The number of rotatable bonds is 7. The molecule has 0 saturated carbocycles. The van der Waals surface area contributed by atoms with Gasteiger partial charge in [0.25, 0.3) is 11.6 Å². The molecule has 168 valence electrons. The van der Waals surface area contributed by atoms with Crippen molar-refractivity contribution in [1.82, 2.24) is 4.90 Å². The molecule has 2 amide bonds. The lowest BCUT2D eigenvalue weighted by Gasteiger charge is -2.27. The van der Waals surface area contributed by atoms with Gasteiger partial charge in [0.15, 0.2) is 0 Å². The molecule has 3 aromatic rings. The minimum atomic E-state index is -0.557. The Morgan fingerprint density at radius 3 is 2.55 bits per heavy atom. The number of anilines is 1. The van der Waals surface area contributed by atoms with E-state index in [2.05, 4.69) is 22.3 Å². The third-order valence-corrected chi connectivity index (χ3v) is 6.53. The van der Waals surface area contributed by atoms with Crippen molar-refractivity contribution in [2.24, 2.45) is 5.73 Å². The van der Waals surface area contributed by atoms with E-state index in [1.165, 1.54) is 35.1 Å². The molecular formula is C24H22N4O4S. The number of non-ortho nitro benzene ring substituents is 1. The SMILES string of the molecule is NC(=O)c1c(NC(=O)/C=C\c2ccc([N+](=O)[O-])cc2)sc2c1CCN(Cc1ccccc1)C2. The maximum Gasteiger partial charge on any atom is 0.269 e. The molecule has 4 rings (SSSR count). The fourth-order valence-corrected chi connectivity index (χ4v) is 5.11. The zero-order chi connectivity index (χ0) is 23.4. The van der Waals surface area contributed by atoms with Gasteiger partial charge < -0.3 is 11.1 Å². The lowest BCUT2D eigenvalue weighted by molar-refractivity contribution is -0.384. The maximum atomic E-state index is 12.5. The largest absolute Gasteiger partial charge is 0.365 e. The first-order chi connectivity index (χ1) is 15.9. The Labute approximate surface area is 194 Å². The van der Waals surface area contributed by atoms with E-state index in [0.29, 0.717) is 29.1 Å². The first-order valence-electron chi connectivity index (χ1n) is 10.3. The van der Waals surface area contributed by atoms with Crippen LogP contribution in [0.2, 0.25) is 0 Å². The molecule has 8 nitrogen and oxygen atoms in total. The fourth-order valence-electron chi connectivity index (χ4n) is 3.81. The van der Waals surface area contributed by atoms with Gasteiger partial charge in [-0.3, -0.25) is 24.6 Å². The highest BCUT2D eigenvalue weighted by Crippen LogP contribution is 2.37. The summed E-state index contributed by atoms with van der Waals surface area (Å²) in [6.07, 6.45) is 3.57. The molecule has 3 N–H and O–H groups in total. The van der Waals surface area contributed by atoms with Crippen molar-refractivity contribution < 1.29 is 14.5 Å². The molecule has 0 atom stereocenters. The van der Waals surface area contributed by atoms with Gasteiger partial charge in [-0.1, -0.05) is 30.3 Å².